The van der Waals surface area contributed by atoms with Crippen molar-refractivity contribution in [3.63, 3.8) is 0 Å². The molecule has 0 N–H and O–H groups in total. The molecule has 0 fully saturated rings. The number of hydrogen-bond acceptors (Lipinski definition) is 3. The van der Waals surface area contributed by atoms with Crippen molar-refractivity contribution in [2.24, 2.45) is 0 Å². The van der Waals surface area contributed by atoms with Gasteiger partial charge in [0.05, 0.1) is 10.7 Å². The van der Waals surface area contributed by atoms with Crippen molar-refractivity contribution in [2.75, 3.05) is 0 Å². The largest absolute Gasteiger partial charge is 0.269 e. The molecule has 1 aromatic heterocycles. The number of aromatic nitrogens is 3. The lowest BCUT2D eigenvalue weighted by molar-refractivity contribution is 0.616. The summed E-state index contributed by atoms with van der Waals surface area (Å²) in [6, 6.07) is 18.3. The molecule has 3 aromatic carbocycles. The van der Waals surface area contributed by atoms with E-state index in [0.29, 0.717) is 43.0 Å². The highest BCUT2D eigenvalue weighted by atomic mass is 79.9. The monoisotopic (exact) mass is 491 g/mol. The highest BCUT2D eigenvalue weighted by molar-refractivity contribution is 9.10. The maximum Gasteiger partial charge on any atom is 0.196 e. The van der Waals surface area contributed by atoms with Crippen molar-refractivity contribution in [1.82, 2.24) is 14.8 Å². The summed E-state index contributed by atoms with van der Waals surface area (Å²) >= 11 is 11.0. The topological polar surface area (TPSA) is 30.7 Å². The Balaban J connectivity index is 1.76. The lowest BCUT2D eigenvalue weighted by Gasteiger charge is -2.12. The van der Waals surface area contributed by atoms with E-state index < -0.39 is 0 Å². The molecule has 0 atom stereocenters. The zero-order valence-corrected chi connectivity index (χ0v) is 18.0. The van der Waals surface area contributed by atoms with Crippen LogP contribution in [0.3, 0.4) is 0 Å². The summed E-state index contributed by atoms with van der Waals surface area (Å²) < 4.78 is 30.1. The third-order valence-corrected chi connectivity index (χ3v) is 5.99. The Bertz CT molecular complexity index is 1170. The molecule has 0 bridgehead atoms. The summed E-state index contributed by atoms with van der Waals surface area (Å²) in [5, 5.41) is 9.65. The minimum Gasteiger partial charge on any atom is -0.269 e. The van der Waals surface area contributed by atoms with Gasteiger partial charge in [0.1, 0.15) is 11.6 Å². The van der Waals surface area contributed by atoms with Gasteiger partial charge in [-0.1, -0.05) is 57.5 Å². The normalized spacial score (nSPS) is 11.0. The molecule has 29 heavy (non-hydrogen) atoms. The Morgan fingerprint density at radius 2 is 1.72 bits per heavy atom. The summed E-state index contributed by atoms with van der Waals surface area (Å²) in [5.41, 5.74) is 1.94. The molecule has 0 spiro atoms. The van der Waals surface area contributed by atoms with Crippen LogP contribution in [0.1, 0.15) is 5.56 Å². The second-order valence-electron chi connectivity index (χ2n) is 6.12. The molecule has 4 rings (SSSR count). The summed E-state index contributed by atoms with van der Waals surface area (Å²) in [5.74, 6) is 0.259. The first-order chi connectivity index (χ1) is 14.0. The number of thioether (sulfide) groups is 1. The van der Waals surface area contributed by atoms with Gasteiger partial charge in [-0.05, 0) is 54.1 Å². The summed E-state index contributed by atoms with van der Waals surface area (Å²) in [6.45, 7) is 0. The predicted octanol–water partition coefficient (Wildman–Crippen LogP) is 6.92. The van der Waals surface area contributed by atoms with Crippen LogP contribution in [-0.2, 0) is 5.75 Å². The van der Waals surface area contributed by atoms with Crippen LogP contribution < -0.4 is 0 Å². The van der Waals surface area contributed by atoms with E-state index in [4.69, 9.17) is 11.6 Å². The molecule has 0 aliphatic carbocycles. The molecule has 1 heterocycles. The summed E-state index contributed by atoms with van der Waals surface area (Å²) in [7, 11) is 0. The Kier molecular flexibility index (Phi) is 5.99. The number of halogens is 4. The molecule has 0 amide bonds. The molecule has 8 heteroatoms. The van der Waals surface area contributed by atoms with Crippen LogP contribution in [0.25, 0.3) is 17.1 Å². The van der Waals surface area contributed by atoms with E-state index in [0.717, 1.165) is 0 Å². The standard InChI is InChI=1S/C21H13BrClF2N3S/c22-15-8-5-14(18(25)11-15)12-29-21-27-26-20(13-6-9-16(24)10-7-13)28(21)19-4-2-1-3-17(19)23/h1-11H,12H2. The van der Waals surface area contributed by atoms with Crippen molar-refractivity contribution in [2.45, 2.75) is 10.9 Å². The highest BCUT2D eigenvalue weighted by Gasteiger charge is 2.18. The first kappa shape index (κ1) is 20.1. The van der Waals surface area contributed by atoms with Crippen LogP contribution in [0.2, 0.25) is 5.02 Å². The molecule has 0 saturated carbocycles. The van der Waals surface area contributed by atoms with E-state index >= 15 is 0 Å². The Hall–Kier alpha value is -2.22. The van der Waals surface area contributed by atoms with Crippen LogP contribution in [0.4, 0.5) is 8.78 Å². The lowest BCUT2D eigenvalue weighted by Crippen LogP contribution is -2.01. The fourth-order valence-electron chi connectivity index (χ4n) is 2.78. The van der Waals surface area contributed by atoms with E-state index in [2.05, 4.69) is 26.1 Å². The minimum absolute atomic E-state index is 0.297. The maximum atomic E-state index is 14.2. The van der Waals surface area contributed by atoms with Crippen LogP contribution >= 0.6 is 39.3 Å². The van der Waals surface area contributed by atoms with E-state index in [1.165, 1.54) is 30.0 Å². The Morgan fingerprint density at radius 3 is 2.45 bits per heavy atom. The van der Waals surface area contributed by atoms with E-state index in [1.807, 2.05) is 18.2 Å². The van der Waals surface area contributed by atoms with Crippen molar-refractivity contribution in [3.8, 4) is 17.1 Å². The third kappa shape index (κ3) is 4.37. The van der Waals surface area contributed by atoms with Crippen LogP contribution in [0.5, 0.6) is 0 Å². The van der Waals surface area contributed by atoms with Gasteiger partial charge in [-0.3, -0.25) is 4.57 Å². The average Bonchev–Trinajstić information content (AvgIpc) is 3.12. The summed E-state index contributed by atoms with van der Waals surface area (Å²) in [6.07, 6.45) is 0. The van der Waals surface area contributed by atoms with Gasteiger partial charge in [-0.15, -0.1) is 10.2 Å². The zero-order chi connectivity index (χ0) is 20.4. The number of benzene rings is 3. The SMILES string of the molecule is Fc1ccc(-c2nnc(SCc3ccc(Br)cc3F)n2-c2ccccc2Cl)cc1. The first-order valence-corrected chi connectivity index (χ1v) is 10.7. The van der Waals surface area contributed by atoms with Crippen molar-refractivity contribution >= 4 is 39.3 Å². The van der Waals surface area contributed by atoms with Gasteiger partial charge >= 0.3 is 0 Å². The van der Waals surface area contributed by atoms with Gasteiger partial charge in [-0.25, -0.2) is 8.78 Å². The molecule has 0 unspecified atom stereocenters. The summed E-state index contributed by atoms with van der Waals surface area (Å²) in [4.78, 5) is 0. The van der Waals surface area contributed by atoms with Crippen molar-refractivity contribution < 1.29 is 8.78 Å². The fraction of sp³-hybridized carbons (Fsp3) is 0.0476. The van der Waals surface area contributed by atoms with Crippen molar-refractivity contribution in [1.29, 1.82) is 0 Å². The van der Waals surface area contributed by atoms with E-state index in [-0.39, 0.29) is 11.6 Å². The second kappa shape index (κ2) is 8.65. The van der Waals surface area contributed by atoms with Gasteiger partial charge in [-0.2, -0.15) is 0 Å². The first-order valence-electron chi connectivity index (χ1n) is 8.56. The molecule has 0 aliphatic heterocycles. The fourth-order valence-corrected chi connectivity index (χ4v) is 4.27. The molecule has 146 valence electrons. The Labute approximate surface area is 183 Å². The molecule has 0 aliphatic rings. The highest BCUT2D eigenvalue weighted by Crippen LogP contribution is 2.33. The molecule has 3 nitrogen and oxygen atoms in total. The minimum atomic E-state index is -0.335. The molecule has 0 radical (unpaired) electrons. The molecular formula is C21H13BrClF2N3S. The van der Waals surface area contributed by atoms with Crippen LogP contribution in [0.15, 0.2) is 76.4 Å². The van der Waals surface area contributed by atoms with E-state index in [9.17, 15) is 8.78 Å². The zero-order valence-electron chi connectivity index (χ0n) is 14.8. The van der Waals surface area contributed by atoms with Gasteiger partial charge in [0, 0.05) is 15.8 Å². The van der Waals surface area contributed by atoms with Gasteiger partial charge in [0.25, 0.3) is 0 Å². The molecular weight excluding hydrogens is 480 g/mol. The van der Waals surface area contributed by atoms with Gasteiger partial charge in [0.15, 0.2) is 11.0 Å². The third-order valence-electron chi connectivity index (χ3n) is 4.20. The molecule has 0 saturated heterocycles. The molecule has 4 aromatic rings. The van der Waals surface area contributed by atoms with Crippen LogP contribution in [-0.4, -0.2) is 14.8 Å². The number of rotatable bonds is 5. The lowest BCUT2D eigenvalue weighted by atomic mass is 10.2. The van der Waals surface area contributed by atoms with Crippen molar-refractivity contribution in [3.05, 3.63) is 93.4 Å². The number of hydrogen-bond donors (Lipinski definition) is 0. The van der Waals surface area contributed by atoms with Crippen LogP contribution in [0, 0.1) is 11.6 Å². The average molecular weight is 493 g/mol. The predicted molar refractivity (Wildman–Crippen MR) is 115 cm³/mol. The Morgan fingerprint density at radius 1 is 0.966 bits per heavy atom. The van der Waals surface area contributed by atoms with Gasteiger partial charge < -0.3 is 0 Å². The van der Waals surface area contributed by atoms with Gasteiger partial charge in [0.2, 0.25) is 0 Å². The maximum absolute atomic E-state index is 14.2. The van der Waals surface area contributed by atoms with E-state index in [1.54, 1.807) is 34.9 Å². The smallest absolute Gasteiger partial charge is 0.196 e. The second-order valence-corrected chi connectivity index (χ2v) is 8.39. The number of nitrogens with zero attached hydrogens (tertiary/aromatic N) is 3. The quantitative estimate of drug-likeness (QED) is 0.283. The number of para-hydroxylation sites is 1.